The van der Waals surface area contributed by atoms with Crippen molar-refractivity contribution in [1.29, 1.82) is 0 Å². The predicted octanol–water partition coefficient (Wildman–Crippen LogP) is 2.89. The molecule has 3 rings (SSSR count). The van der Waals surface area contributed by atoms with Gasteiger partial charge in [-0.1, -0.05) is 17.8 Å². The molecule has 1 fully saturated rings. The maximum absolute atomic E-state index is 12.0. The Morgan fingerprint density at radius 1 is 1.48 bits per heavy atom. The third-order valence-electron chi connectivity index (χ3n) is 3.38. The molecule has 1 aliphatic carbocycles. The van der Waals surface area contributed by atoms with E-state index in [0.29, 0.717) is 22.7 Å². The standard InChI is InChI=1S/C14H14N4O4S/c1-8-2-5-10(18(20)21)6-11(8)15-12(19)7-23-14-17-16-13(22-14)9-3-4-9/h2,5-6,9H,3-4,7H2,1H3,(H,15,19). The molecule has 0 atom stereocenters. The van der Waals surface area contributed by atoms with E-state index in [9.17, 15) is 14.9 Å². The third-order valence-corrected chi connectivity index (χ3v) is 4.20. The normalized spacial score (nSPS) is 13.8. The molecule has 0 spiro atoms. The molecule has 8 nitrogen and oxygen atoms in total. The number of hydrogen-bond donors (Lipinski definition) is 1. The minimum atomic E-state index is -0.498. The maximum atomic E-state index is 12.0. The van der Waals surface area contributed by atoms with Crippen LogP contribution < -0.4 is 5.32 Å². The number of nitrogens with one attached hydrogen (secondary N) is 1. The van der Waals surface area contributed by atoms with Gasteiger partial charge in [-0.15, -0.1) is 10.2 Å². The second-order valence-electron chi connectivity index (χ2n) is 5.27. The van der Waals surface area contributed by atoms with Gasteiger partial charge >= 0.3 is 0 Å². The highest BCUT2D eigenvalue weighted by molar-refractivity contribution is 7.99. The number of aromatic nitrogens is 2. The average Bonchev–Trinajstić information content (AvgIpc) is 3.26. The summed E-state index contributed by atoms with van der Waals surface area (Å²) < 4.78 is 5.45. The van der Waals surface area contributed by atoms with Gasteiger partial charge in [-0.2, -0.15) is 0 Å². The van der Waals surface area contributed by atoms with Crippen molar-refractivity contribution in [3.05, 3.63) is 39.8 Å². The molecule has 1 heterocycles. The Hall–Kier alpha value is -2.42. The largest absolute Gasteiger partial charge is 0.416 e. The van der Waals surface area contributed by atoms with Crippen LogP contribution in [0.5, 0.6) is 0 Å². The molecule has 1 aliphatic rings. The first-order valence-electron chi connectivity index (χ1n) is 7.04. The van der Waals surface area contributed by atoms with Gasteiger partial charge in [0.1, 0.15) is 0 Å². The Labute approximate surface area is 135 Å². The Kier molecular flexibility index (Phi) is 4.28. The highest BCUT2D eigenvalue weighted by Gasteiger charge is 2.29. The number of thioether (sulfide) groups is 1. The van der Waals surface area contributed by atoms with Crippen LogP contribution in [0.1, 0.15) is 30.2 Å². The molecule has 0 saturated heterocycles. The van der Waals surface area contributed by atoms with Crippen LogP contribution in [0.3, 0.4) is 0 Å². The van der Waals surface area contributed by atoms with Crippen molar-refractivity contribution in [2.75, 3.05) is 11.1 Å². The molecule has 9 heteroatoms. The molecular weight excluding hydrogens is 320 g/mol. The lowest BCUT2D eigenvalue weighted by Gasteiger charge is -2.07. The van der Waals surface area contributed by atoms with Gasteiger partial charge in [0.2, 0.25) is 11.8 Å². The minimum Gasteiger partial charge on any atom is -0.416 e. The lowest BCUT2D eigenvalue weighted by molar-refractivity contribution is -0.384. The van der Waals surface area contributed by atoms with Crippen LogP contribution in [0.2, 0.25) is 0 Å². The van der Waals surface area contributed by atoms with Crippen LogP contribution in [0.15, 0.2) is 27.8 Å². The first kappa shape index (κ1) is 15.5. The molecule has 2 aromatic rings. The van der Waals surface area contributed by atoms with E-state index < -0.39 is 4.92 Å². The van der Waals surface area contributed by atoms with Crippen molar-refractivity contribution in [2.24, 2.45) is 0 Å². The lowest BCUT2D eigenvalue weighted by Crippen LogP contribution is -2.15. The summed E-state index contributed by atoms with van der Waals surface area (Å²) in [5.74, 6) is 0.805. The van der Waals surface area contributed by atoms with Crippen molar-refractivity contribution in [3.8, 4) is 0 Å². The summed E-state index contributed by atoms with van der Waals surface area (Å²) in [6, 6.07) is 4.34. The number of benzene rings is 1. The zero-order valence-corrected chi connectivity index (χ0v) is 13.1. The summed E-state index contributed by atoms with van der Waals surface area (Å²) in [7, 11) is 0. The van der Waals surface area contributed by atoms with E-state index in [2.05, 4.69) is 15.5 Å². The topological polar surface area (TPSA) is 111 Å². The number of hydrogen-bond acceptors (Lipinski definition) is 7. The van der Waals surface area contributed by atoms with E-state index in [0.717, 1.165) is 30.2 Å². The molecular formula is C14H14N4O4S. The SMILES string of the molecule is Cc1ccc([N+](=O)[O-])cc1NC(=O)CSc1nnc(C2CC2)o1. The van der Waals surface area contributed by atoms with Gasteiger partial charge < -0.3 is 9.73 Å². The van der Waals surface area contributed by atoms with E-state index in [-0.39, 0.29) is 17.3 Å². The number of aryl methyl sites for hydroxylation is 1. The number of rotatable bonds is 6. The van der Waals surface area contributed by atoms with Crippen molar-refractivity contribution < 1.29 is 14.1 Å². The number of carbonyl (C=O) groups excluding carboxylic acids is 1. The quantitative estimate of drug-likeness (QED) is 0.491. The van der Waals surface area contributed by atoms with Crippen LogP contribution in [0, 0.1) is 17.0 Å². The molecule has 0 unspecified atom stereocenters. The van der Waals surface area contributed by atoms with Crippen LogP contribution in [0.25, 0.3) is 0 Å². The van der Waals surface area contributed by atoms with Gasteiger partial charge in [0.25, 0.3) is 10.9 Å². The molecule has 0 bridgehead atoms. The monoisotopic (exact) mass is 334 g/mol. The number of anilines is 1. The third kappa shape index (κ3) is 3.86. The van der Waals surface area contributed by atoms with E-state index in [1.807, 2.05) is 0 Å². The Bertz CT molecular complexity index is 757. The summed E-state index contributed by atoms with van der Waals surface area (Å²) in [5, 5.41) is 21.6. The summed E-state index contributed by atoms with van der Waals surface area (Å²) in [4.78, 5) is 22.3. The smallest absolute Gasteiger partial charge is 0.277 e. The number of nitro groups is 1. The zero-order chi connectivity index (χ0) is 16.4. The van der Waals surface area contributed by atoms with Gasteiger partial charge in [-0.3, -0.25) is 14.9 Å². The Balaban J connectivity index is 1.58. The van der Waals surface area contributed by atoms with Crippen LogP contribution >= 0.6 is 11.8 Å². The van der Waals surface area contributed by atoms with E-state index in [1.54, 1.807) is 13.0 Å². The fourth-order valence-electron chi connectivity index (χ4n) is 1.95. The Morgan fingerprint density at radius 2 is 2.26 bits per heavy atom. The van der Waals surface area contributed by atoms with Gasteiger partial charge in [0.15, 0.2) is 0 Å². The number of nitro benzene ring substituents is 1. The van der Waals surface area contributed by atoms with Crippen LogP contribution in [-0.4, -0.2) is 26.8 Å². The minimum absolute atomic E-state index is 0.0653. The average molecular weight is 334 g/mol. The fraction of sp³-hybridized carbons (Fsp3) is 0.357. The van der Waals surface area contributed by atoms with Crippen molar-refractivity contribution in [2.45, 2.75) is 30.9 Å². The highest BCUT2D eigenvalue weighted by Crippen LogP contribution is 2.39. The zero-order valence-electron chi connectivity index (χ0n) is 12.3. The summed E-state index contributed by atoms with van der Waals surface area (Å²) in [5.41, 5.74) is 1.11. The molecule has 1 saturated carbocycles. The number of amides is 1. The van der Waals surface area contributed by atoms with Crippen LogP contribution in [-0.2, 0) is 4.79 Å². The molecule has 1 amide bonds. The molecule has 0 radical (unpaired) electrons. The molecule has 1 aromatic carbocycles. The van der Waals surface area contributed by atoms with E-state index in [1.165, 1.54) is 12.1 Å². The van der Waals surface area contributed by atoms with Gasteiger partial charge in [-0.25, -0.2) is 0 Å². The predicted molar refractivity (Wildman–Crippen MR) is 83.5 cm³/mol. The molecule has 120 valence electrons. The number of non-ortho nitro benzene ring substituents is 1. The highest BCUT2D eigenvalue weighted by atomic mass is 32.2. The van der Waals surface area contributed by atoms with Gasteiger partial charge in [0, 0.05) is 18.1 Å². The molecule has 1 aromatic heterocycles. The van der Waals surface area contributed by atoms with Crippen LogP contribution in [0.4, 0.5) is 11.4 Å². The first-order valence-corrected chi connectivity index (χ1v) is 8.02. The molecule has 23 heavy (non-hydrogen) atoms. The lowest BCUT2D eigenvalue weighted by atomic mass is 10.2. The van der Waals surface area contributed by atoms with E-state index >= 15 is 0 Å². The number of carbonyl (C=O) groups is 1. The molecule has 0 aliphatic heterocycles. The fourth-order valence-corrected chi connectivity index (χ4v) is 2.52. The first-order chi connectivity index (χ1) is 11.0. The van der Waals surface area contributed by atoms with Crippen molar-refractivity contribution in [1.82, 2.24) is 10.2 Å². The summed E-state index contributed by atoms with van der Waals surface area (Å²) in [6.07, 6.45) is 2.14. The summed E-state index contributed by atoms with van der Waals surface area (Å²) >= 11 is 1.14. The van der Waals surface area contributed by atoms with E-state index in [4.69, 9.17) is 4.42 Å². The van der Waals surface area contributed by atoms with Gasteiger partial charge in [0.05, 0.1) is 16.4 Å². The second kappa shape index (κ2) is 6.37. The van der Waals surface area contributed by atoms with Crippen molar-refractivity contribution in [3.63, 3.8) is 0 Å². The second-order valence-corrected chi connectivity index (χ2v) is 6.20. The molecule has 1 N–H and O–H groups in total. The number of nitrogens with zero attached hydrogens (tertiary/aromatic N) is 3. The van der Waals surface area contributed by atoms with Gasteiger partial charge in [-0.05, 0) is 25.3 Å². The maximum Gasteiger partial charge on any atom is 0.277 e. The van der Waals surface area contributed by atoms with Crippen molar-refractivity contribution >= 4 is 29.0 Å². The summed E-state index contributed by atoms with van der Waals surface area (Å²) in [6.45, 7) is 1.77. The Morgan fingerprint density at radius 3 is 2.96 bits per heavy atom.